The maximum absolute atomic E-state index is 10.0. The highest BCUT2D eigenvalue weighted by Gasteiger charge is 2.04. The van der Waals surface area contributed by atoms with Crippen molar-refractivity contribution in [3.05, 3.63) is 72.3 Å². The highest BCUT2D eigenvalue weighted by Crippen LogP contribution is 2.14. The van der Waals surface area contributed by atoms with Gasteiger partial charge in [-0.05, 0) is 36.4 Å². The van der Waals surface area contributed by atoms with E-state index in [4.69, 9.17) is 0 Å². The van der Waals surface area contributed by atoms with Gasteiger partial charge in [-0.3, -0.25) is 10.0 Å². The minimum Gasteiger partial charge on any atom is -0.506 e. The summed E-state index contributed by atoms with van der Waals surface area (Å²) in [5, 5.41) is 21.8. The maximum Gasteiger partial charge on any atom is 0.148 e. The maximum atomic E-state index is 10.0. The van der Waals surface area contributed by atoms with E-state index >= 15 is 0 Å². The third-order valence-electron chi connectivity index (χ3n) is 3.60. The van der Waals surface area contributed by atoms with E-state index < -0.39 is 0 Å². The molecule has 0 saturated carbocycles. The van der Waals surface area contributed by atoms with E-state index in [1.807, 2.05) is 36.4 Å². The molecule has 0 spiro atoms. The Kier molecular flexibility index (Phi) is 5.68. The lowest BCUT2D eigenvalue weighted by molar-refractivity contribution is 0.471. The van der Waals surface area contributed by atoms with Gasteiger partial charge >= 0.3 is 0 Å². The van der Waals surface area contributed by atoms with E-state index in [0.29, 0.717) is 23.0 Å². The fourth-order valence-electron chi connectivity index (χ4n) is 2.15. The van der Waals surface area contributed by atoms with Crippen molar-refractivity contribution >= 4 is 24.1 Å². The van der Waals surface area contributed by atoms with Crippen LogP contribution in [0.5, 0.6) is 5.75 Å². The van der Waals surface area contributed by atoms with Crippen LogP contribution in [0.15, 0.2) is 71.1 Å². The number of hydrogen-bond donors (Lipinski definition) is 1. The van der Waals surface area contributed by atoms with Crippen molar-refractivity contribution in [2.75, 3.05) is 24.1 Å². The quantitative estimate of drug-likeness (QED) is 0.536. The molecular weight excluding hydrogens is 342 g/mol. The fraction of sp³-hybridized carbons (Fsp3) is 0.105. The summed E-state index contributed by atoms with van der Waals surface area (Å²) >= 11 is 0. The predicted octanol–water partition coefficient (Wildman–Crippen LogP) is 2.52. The predicted molar refractivity (Wildman–Crippen MR) is 106 cm³/mol. The zero-order valence-corrected chi connectivity index (χ0v) is 15.0. The first-order valence-corrected chi connectivity index (χ1v) is 8.21. The Morgan fingerprint density at radius 1 is 0.815 bits per heavy atom. The summed E-state index contributed by atoms with van der Waals surface area (Å²) in [5.41, 5.74) is 0.916. The molecule has 0 aromatic carbocycles. The average Bonchev–Trinajstić information content (AvgIpc) is 2.73. The minimum atomic E-state index is 0.0309. The summed E-state index contributed by atoms with van der Waals surface area (Å²) in [6, 6.07) is 14.4. The van der Waals surface area contributed by atoms with Crippen molar-refractivity contribution < 1.29 is 5.11 Å². The molecule has 0 aliphatic heterocycles. The van der Waals surface area contributed by atoms with Crippen molar-refractivity contribution in [3.8, 4) is 5.75 Å². The van der Waals surface area contributed by atoms with E-state index in [9.17, 15) is 5.11 Å². The van der Waals surface area contributed by atoms with Gasteiger partial charge in [0, 0.05) is 26.5 Å². The first-order chi connectivity index (χ1) is 13.1. The summed E-state index contributed by atoms with van der Waals surface area (Å²) < 4.78 is 0. The van der Waals surface area contributed by atoms with Crippen LogP contribution in [0.3, 0.4) is 0 Å². The number of nitrogens with zero attached hydrogens (tertiary/aromatic N) is 7. The Morgan fingerprint density at radius 3 is 1.96 bits per heavy atom. The van der Waals surface area contributed by atoms with Gasteiger partial charge in [0.05, 0.1) is 18.1 Å². The summed E-state index contributed by atoms with van der Waals surface area (Å²) in [5.74, 6) is 1.43. The van der Waals surface area contributed by atoms with E-state index in [-0.39, 0.29) is 5.75 Å². The molecule has 0 aliphatic rings. The summed E-state index contributed by atoms with van der Waals surface area (Å²) in [6.07, 6.45) is 6.46. The molecule has 0 bridgehead atoms. The van der Waals surface area contributed by atoms with Gasteiger partial charge in [0.2, 0.25) is 0 Å². The lowest BCUT2D eigenvalue weighted by Gasteiger charge is -2.11. The number of hydrogen-bond acceptors (Lipinski definition) is 8. The highest BCUT2D eigenvalue weighted by atomic mass is 16.3. The number of hydrazone groups is 2. The second-order valence-corrected chi connectivity index (χ2v) is 5.55. The van der Waals surface area contributed by atoms with Crippen LogP contribution in [0.1, 0.15) is 11.4 Å². The molecule has 3 heterocycles. The number of aromatic nitrogens is 3. The molecule has 3 rings (SSSR count). The van der Waals surface area contributed by atoms with Gasteiger partial charge in [-0.2, -0.15) is 10.2 Å². The minimum absolute atomic E-state index is 0.0309. The topological polar surface area (TPSA) is 90.1 Å². The second-order valence-electron chi connectivity index (χ2n) is 5.55. The molecule has 1 N–H and O–H groups in total. The normalized spacial score (nSPS) is 11.2. The van der Waals surface area contributed by atoms with E-state index in [2.05, 4.69) is 25.2 Å². The van der Waals surface area contributed by atoms with Crippen molar-refractivity contribution in [3.63, 3.8) is 0 Å². The van der Waals surface area contributed by atoms with Gasteiger partial charge in [-0.15, -0.1) is 0 Å². The van der Waals surface area contributed by atoms with Crippen molar-refractivity contribution in [2.24, 2.45) is 10.2 Å². The van der Waals surface area contributed by atoms with Crippen LogP contribution in [0.4, 0.5) is 11.6 Å². The molecule has 136 valence electrons. The van der Waals surface area contributed by atoms with Crippen molar-refractivity contribution in [1.82, 2.24) is 15.0 Å². The molecule has 0 radical (unpaired) electrons. The summed E-state index contributed by atoms with van der Waals surface area (Å²) in [4.78, 5) is 12.8. The molecule has 8 nitrogen and oxygen atoms in total. The Balaban J connectivity index is 1.74. The molecule has 3 aromatic heterocycles. The highest BCUT2D eigenvalue weighted by molar-refractivity contribution is 5.85. The van der Waals surface area contributed by atoms with Crippen LogP contribution in [0, 0.1) is 0 Å². The second kappa shape index (κ2) is 8.52. The van der Waals surface area contributed by atoms with Crippen LogP contribution in [-0.2, 0) is 0 Å². The molecule has 3 aromatic rings. The zero-order valence-electron chi connectivity index (χ0n) is 15.0. The monoisotopic (exact) mass is 361 g/mol. The van der Waals surface area contributed by atoms with Crippen LogP contribution in [0.25, 0.3) is 0 Å². The summed E-state index contributed by atoms with van der Waals surface area (Å²) in [6.45, 7) is 0. The molecule has 27 heavy (non-hydrogen) atoms. The number of anilines is 2. The Morgan fingerprint density at radius 2 is 1.41 bits per heavy atom. The van der Waals surface area contributed by atoms with Gasteiger partial charge in [0.25, 0.3) is 0 Å². The Labute approximate surface area is 157 Å². The lowest BCUT2D eigenvalue weighted by atomic mass is 10.3. The number of pyridine rings is 3. The van der Waals surface area contributed by atoms with Crippen molar-refractivity contribution in [2.45, 2.75) is 0 Å². The molecule has 0 fully saturated rings. The molecule has 8 heteroatoms. The first kappa shape index (κ1) is 18.0. The smallest absolute Gasteiger partial charge is 0.148 e. The zero-order chi connectivity index (χ0) is 19.1. The third-order valence-corrected chi connectivity index (χ3v) is 3.60. The largest absolute Gasteiger partial charge is 0.506 e. The molecular formula is C19H19N7O. The van der Waals surface area contributed by atoms with Gasteiger partial charge < -0.3 is 5.11 Å². The lowest BCUT2D eigenvalue weighted by Crippen LogP contribution is -2.11. The number of aromatic hydroxyl groups is 1. The van der Waals surface area contributed by atoms with Crippen LogP contribution < -0.4 is 10.0 Å². The molecule has 0 unspecified atom stereocenters. The SMILES string of the molecule is CN(/N=C\c1ccc(O)c(/C=N/N(C)c2ccccn2)n1)c1ccccn1. The van der Waals surface area contributed by atoms with Gasteiger partial charge in [0.1, 0.15) is 23.1 Å². The third kappa shape index (κ3) is 4.85. The van der Waals surface area contributed by atoms with E-state index in [1.54, 1.807) is 54.9 Å². The number of rotatable bonds is 6. The standard InChI is InChI=1S/C19H19N7O/c1-25(18-7-3-5-11-20-18)22-13-15-9-10-17(27)16(24-15)14-23-26(2)19-8-4-6-12-21-19/h3-14,27H,1-2H3/b22-13-,23-14+. The fourth-order valence-corrected chi connectivity index (χ4v) is 2.15. The van der Waals surface area contributed by atoms with E-state index in [0.717, 1.165) is 0 Å². The molecule has 0 saturated heterocycles. The summed E-state index contributed by atoms with van der Waals surface area (Å²) in [7, 11) is 3.56. The molecule has 0 atom stereocenters. The van der Waals surface area contributed by atoms with Gasteiger partial charge in [0.15, 0.2) is 0 Å². The van der Waals surface area contributed by atoms with Crippen LogP contribution in [0.2, 0.25) is 0 Å². The van der Waals surface area contributed by atoms with Crippen LogP contribution >= 0.6 is 0 Å². The Hall–Kier alpha value is -3.81. The molecule has 0 amide bonds. The van der Waals surface area contributed by atoms with Crippen LogP contribution in [-0.4, -0.2) is 46.6 Å². The average molecular weight is 361 g/mol. The Bertz CT molecular complexity index is 929. The van der Waals surface area contributed by atoms with Gasteiger partial charge in [-0.25, -0.2) is 15.0 Å². The van der Waals surface area contributed by atoms with E-state index in [1.165, 1.54) is 6.21 Å². The molecule has 0 aliphatic carbocycles. The van der Waals surface area contributed by atoms with Crippen molar-refractivity contribution in [1.29, 1.82) is 0 Å². The van der Waals surface area contributed by atoms with Gasteiger partial charge in [-0.1, -0.05) is 12.1 Å². The first-order valence-electron chi connectivity index (χ1n) is 8.21.